The third-order valence-electron chi connectivity index (χ3n) is 4.20. The molecule has 0 spiro atoms. The van der Waals surface area contributed by atoms with Gasteiger partial charge in [-0.1, -0.05) is 25.1 Å². The molecule has 1 atom stereocenters. The van der Waals surface area contributed by atoms with Gasteiger partial charge in [-0.3, -0.25) is 9.59 Å². The first kappa shape index (κ1) is 16.5. The molecule has 2 rings (SSSR count). The summed E-state index contributed by atoms with van der Waals surface area (Å²) in [5, 5.41) is 9.04. The van der Waals surface area contributed by atoms with E-state index in [0.717, 1.165) is 17.7 Å². The number of carbonyl (C=O) groups excluding carboxylic acids is 2. The number of amides is 2. The third kappa shape index (κ3) is 3.30. The monoisotopic (exact) mass is 304 g/mol. The summed E-state index contributed by atoms with van der Waals surface area (Å²) in [5.41, 5.74) is 2.03. The van der Waals surface area contributed by atoms with E-state index in [9.17, 15) is 9.59 Å². The summed E-state index contributed by atoms with van der Waals surface area (Å²) in [7, 11) is 0. The molecule has 1 saturated heterocycles. The molecule has 0 bridgehead atoms. The predicted molar refractivity (Wildman–Crippen MR) is 85.6 cm³/mol. The molecule has 5 nitrogen and oxygen atoms in total. The van der Waals surface area contributed by atoms with E-state index in [2.05, 4.69) is 6.92 Å². The second-order valence-electron chi connectivity index (χ2n) is 5.53. The Bertz CT molecular complexity index is 544. The normalized spacial score (nSPS) is 17.9. The molecule has 1 aromatic carbocycles. The molecule has 1 N–H and O–H groups in total. The molecule has 120 valence electrons. The molecular formula is C17H24N2O3. The lowest BCUT2D eigenvalue weighted by molar-refractivity contribution is -0.136. The highest BCUT2D eigenvalue weighted by Crippen LogP contribution is 2.29. The van der Waals surface area contributed by atoms with Crippen molar-refractivity contribution in [2.24, 2.45) is 5.92 Å². The number of aliphatic hydroxyl groups is 1. The van der Waals surface area contributed by atoms with Crippen molar-refractivity contribution in [2.75, 3.05) is 31.1 Å². The highest BCUT2D eigenvalue weighted by atomic mass is 16.3. The molecule has 2 amide bonds. The van der Waals surface area contributed by atoms with Crippen LogP contribution < -0.4 is 4.90 Å². The Balaban J connectivity index is 2.15. The Morgan fingerprint density at radius 1 is 1.36 bits per heavy atom. The van der Waals surface area contributed by atoms with E-state index in [0.29, 0.717) is 19.6 Å². The van der Waals surface area contributed by atoms with Crippen molar-refractivity contribution < 1.29 is 14.7 Å². The van der Waals surface area contributed by atoms with Gasteiger partial charge < -0.3 is 14.9 Å². The highest BCUT2D eigenvalue weighted by Gasteiger charge is 2.37. The fraction of sp³-hybridized carbons (Fsp3) is 0.529. The lowest BCUT2D eigenvalue weighted by Crippen LogP contribution is -2.39. The number of para-hydroxylation sites is 1. The summed E-state index contributed by atoms with van der Waals surface area (Å²) < 4.78 is 0. The summed E-state index contributed by atoms with van der Waals surface area (Å²) in [5.74, 6) is -0.357. The molecule has 1 aliphatic rings. The fourth-order valence-corrected chi connectivity index (χ4v) is 2.98. The number of rotatable bonds is 6. The molecule has 0 aliphatic carbocycles. The van der Waals surface area contributed by atoms with Gasteiger partial charge in [-0.2, -0.15) is 0 Å². The Labute approximate surface area is 131 Å². The van der Waals surface area contributed by atoms with Gasteiger partial charge in [0.05, 0.1) is 12.5 Å². The zero-order valence-corrected chi connectivity index (χ0v) is 13.3. The van der Waals surface area contributed by atoms with Crippen molar-refractivity contribution in [3.63, 3.8) is 0 Å². The zero-order chi connectivity index (χ0) is 16.1. The Morgan fingerprint density at radius 2 is 2.09 bits per heavy atom. The van der Waals surface area contributed by atoms with Crippen LogP contribution in [0.15, 0.2) is 24.3 Å². The lowest BCUT2D eigenvalue weighted by atomic mass is 10.1. The molecule has 0 aromatic heterocycles. The van der Waals surface area contributed by atoms with E-state index in [1.165, 1.54) is 0 Å². The summed E-state index contributed by atoms with van der Waals surface area (Å²) in [6.07, 6.45) is 1.10. The molecule has 5 heteroatoms. The predicted octanol–water partition coefficient (Wildman–Crippen LogP) is 1.44. The van der Waals surface area contributed by atoms with Gasteiger partial charge in [0.1, 0.15) is 0 Å². The van der Waals surface area contributed by atoms with E-state index in [1.807, 2.05) is 31.2 Å². The Morgan fingerprint density at radius 3 is 2.73 bits per heavy atom. The van der Waals surface area contributed by atoms with Crippen LogP contribution in [0.2, 0.25) is 0 Å². The van der Waals surface area contributed by atoms with E-state index < -0.39 is 0 Å². The first-order valence-corrected chi connectivity index (χ1v) is 7.90. The number of likely N-dealkylation sites (N-methyl/N-ethyl adjacent to an activating group) is 1. The summed E-state index contributed by atoms with van der Waals surface area (Å²) in [4.78, 5) is 28.2. The minimum atomic E-state index is -0.316. The van der Waals surface area contributed by atoms with E-state index in [4.69, 9.17) is 5.11 Å². The van der Waals surface area contributed by atoms with Crippen LogP contribution in [0.4, 0.5) is 5.69 Å². The van der Waals surface area contributed by atoms with Gasteiger partial charge in [0.25, 0.3) is 0 Å². The Hall–Kier alpha value is -1.88. The van der Waals surface area contributed by atoms with Gasteiger partial charge in [-0.15, -0.1) is 0 Å². The van der Waals surface area contributed by atoms with Crippen LogP contribution in [0, 0.1) is 5.92 Å². The van der Waals surface area contributed by atoms with Crippen LogP contribution in [0.1, 0.15) is 25.8 Å². The zero-order valence-electron chi connectivity index (χ0n) is 13.3. The second-order valence-corrected chi connectivity index (χ2v) is 5.53. The minimum Gasteiger partial charge on any atom is -0.395 e. The molecule has 0 radical (unpaired) electrons. The van der Waals surface area contributed by atoms with Crippen LogP contribution in [0.5, 0.6) is 0 Å². The smallest absolute Gasteiger partial charge is 0.228 e. The van der Waals surface area contributed by atoms with Crippen molar-refractivity contribution in [1.29, 1.82) is 0 Å². The van der Waals surface area contributed by atoms with Crippen molar-refractivity contribution in [3.05, 3.63) is 29.8 Å². The van der Waals surface area contributed by atoms with Crippen LogP contribution in [0.3, 0.4) is 0 Å². The molecule has 1 aliphatic heterocycles. The standard InChI is InChI=1S/C17H24N2O3/c1-3-13-7-5-6-8-15(13)19-12-14(11-16(19)21)17(22)18(4-2)9-10-20/h5-8,14,20H,3-4,9-12H2,1-2H3. The number of nitrogens with zero attached hydrogens (tertiary/aromatic N) is 2. The molecule has 1 unspecified atom stereocenters. The number of aliphatic hydroxyl groups excluding tert-OH is 1. The second kappa shape index (κ2) is 7.40. The quantitative estimate of drug-likeness (QED) is 0.865. The summed E-state index contributed by atoms with van der Waals surface area (Å²) in [6.45, 7) is 5.19. The maximum absolute atomic E-state index is 12.5. The average molecular weight is 304 g/mol. The van der Waals surface area contributed by atoms with Crippen LogP contribution >= 0.6 is 0 Å². The summed E-state index contributed by atoms with van der Waals surface area (Å²) in [6, 6.07) is 7.84. The maximum Gasteiger partial charge on any atom is 0.228 e. The van der Waals surface area contributed by atoms with Gasteiger partial charge in [0.15, 0.2) is 0 Å². The van der Waals surface area contributed by atoms with Crippen molar-refractivity contribution in [1.82, 2.24) is 4.90 Å². The SMILES string of the molecule is CCc1ccccc1N1CC(C(=O)N(CC)CCO)CC1=O. The first-order valence-electron chi connectivity index (χ1n) is 7.90. The molecule has 0 saturated carbocycles. The molecule has 1 aromatic rings. The van der Waals surface area contributed by atoms with Crippen LogP contribution in [0.25, 0.3) is 0 Å². The van der Waals surface area contributed by atoms with Gasteiger partial charge in [-0.25, -0.2) is 0 Å². The van der Waals surface area contributed by atoms with Gasteiger partial charge in [0.2, 0.25) is 11.8 Å². The molecule has 22 heavy (non-hydrogen) atoms. The topological polar surface area (TPSA) is 60.9 Å². The number of aryl methyl sites for hydroxylation is 1. The van der Waals surface area contributed by atoms with E-state index in [1.54, 1.807) is 9.80 Å². The first-order chi connectivity index (χ1) is 10.6. The highest BCUT2D eigenvalue weighted by molar-refractivity contribution is 6.00. The minimum absolute atomic E-state index is 0.000647. The maximum atomic E-state index is 12.5. The van der Waals surface area contributed by atoms with Crippen LogP contribution in [-0.2, 0) is 16.0 Å². The molecule has 1 fully saturated rings. The van der Waals surface area contributed by atoms with Crippen molar-refractivity contribution >= 4 is 17.5 Å². The molecule has 1 heterocycles. The van der Waals surface area contributed by atoms with Gasteiger partial charge in [-0.05, 0) is 25.0 Å². The Kier molecular flexibility index (Phi) is 5.55. The van der Waals surface area contributed by atoms with E-state index >= 15 is 0 Å². The van der Waals surface area contributed by atoms with Gasteiger partial charge in [0, 0.05) is 31.7 Å². The summed E-state index contributed by atoms with van der Waals surface area (Å²) >= 11 is 0. The number of carbonyl (C=O) groups is 2. The van der Waals surface area contributed by atoms with Crippen molar-refractivity contribution in [3.8, 4) is 0 Å². The van der Waals surface area contributed by atoms with E-state index in [-0.39, 0.29) is 30.8 Å². The van der Waals surface area contributed by atoms with Gasteiger partial charge >= 0.3 is 0 Å². The number of benzene rings is 1. The average Bonchev–Trinajstić information content (AvgIpc) is 2.93. The largest absolute Gasteiger partial charge is 0.395 e. The van der Waals surface area contributed by atoms with Crippen molar-refractivity contribution in [2.45, 2.75) is 26.7 Å². The van der Waals surface area contributed by atoms with Crippen LogP contribution in [-0.4, -0.2) is 48.1 Å². The third-order valence-corrected chi connectivity index (χ3v) is 4.20. The fourth-order valence-electron chi connectivity index (χ4n) is 2.98. The number of hydrogen-bond donors (Lipinski definition) is 1. The lowest BCUT2D eigenvalue weighted by Gasteiger charge is -2.24. The number of hydrogen-bond acceptors (Lipinski definition) is 3. The number of anilines is 1. The molecular weight excluding hydrogens is 280 g/mol.